The molecule has 2 rings (SSSR count). The molecule has 0 bridgehead atoms. The van der Waals surface area contributed by atoms with E-state index in [0.717, 1.165) is 6.42 Å². The molecular weight excluding hydrogens is 234 g/mol. The van der Waals surface area contributed by atoms with Gasteiger partial charge in [-0.2, -0.15) is 0 Å². The summed E-state index contributed by atoms with van der Waals surface area (Å²) in [5.41, 5.74) is 2.36. The Bertz CT molecular complexity index is 443. The summed E-state index contributed by atoms with van der Waals surface area (Å²) in [4.78, 5) is 12.2. The maximum Gasteiger partial charge on any atom is 0.223 e. The molecule has 0 heterocycles. The second kappa shape index (κ2) is 5.36. The summed E-state index contributed by atoms with van der Waals surface area (Å²) in [5.74, 6) is 0.993. The Morgan fingerprint density at radius 3 is 2.42 bits per heavy atom. The minimum absolute atomic E-state index is 0.164. The van der Waals surface area contributed by atoms with Crippen molar-refractivity contribution in [1.82, 2.24) is 5.32 Å². The van der Waals surface area contributed by atoms with E-state index in [1.807, 2.05) is 0 Å². The molecule has 1 fully saturated rings. The predicted molar refractivity (Wildman–Crippen MR) is 79.0 cm³/mol. The fourth-order valence-electron chi connectivity index (χ4n) is 2.52. The van der Waals surface area contributed by atoms with Crippen LogP contribution in [0.4, 0.5) is 0 Å². The van der Waals surface area contributed by atoms with Crippen molar-refractivity contribution in [3.8, 4) is 0 Å². The zero-order valence-corrected chi connectivity index (χ0v) is 12.5. The van der Waals surface area contributed by atoms with Crippen LogP contribution in [0.1, 0.15) is 44.7 Å². The smallest absolute Gasteiger partial charge is 0.223 e. The number of carbonyl (C=O) groups excluding carboxylic acids is 1. The highest BCUT2D eigenvalue weighted by Gasteiger charge is 2.34. The van der Waals surface area contributed by atoms with Gasteiger partial charge in [-0.1, -0.05) is 36.8 Å². The Kier molecular flexibility index (Phi) is 3.98. The third-order valence-electron chi connectivity index (χ3n) is 3.97. The van der Waals surface area contributed by atoms with E-state index in [-0.39, 0.29) is 17.4 Å². The molecule has 0 spiro atoms. The summed E-state index contributed by atoms with van der Waals surface area (Å²) in [6, 6.07) is 8.54. The van der Waals surface area contributed by atoms with Crippen LogP contribution in [-0.2, 0) is 11.2 Å². The van der Waals surface area contributed by atoms with E-state index in [9.17, 15) is 4.79 Å². The second-order valence-electron chi connectivity index (χ2n) is 6.66. The molecule has 0 aliphatic heterocycles. The Hall–Kier alpha value is -1.31. The minimum Gasteiger partial charge on any atom is -0.351 e. The van der Waals surface area contributed by atoms with Gasteiger partial charge in [0, 0.05) is 11.5 Å². The molecule has 1 N–H and O–H groups in total. The summed E-state index contributed by atoms with van der Waals surface area (Å²) >= 11 is 0. The lowest BCUT2D eigenvalue weighted by atomic mass is 9.93. The van der Waals surface area contributed by atoms with Crippen LogP contribution >= 0.6 is 0 Å². The quantitative estimate of drug-likeness (QED) is 0.862. The SMILES string of the molecule is Cc1ccc(CC(C)(C)NC(=O)C(C)C2CC2)cc1. The van der Waals surface area contributed by atoms with Crippen LogP contribution in [0.2, 0.25) is 0 Å². The molecule has 104 valence electrons. The zero-order valence-electron chi connectivity index (χ0n) is 12.5. The lowest BCUT2D eigenvalue weighted by Crippen LogP contribution is -2.47. The van der Waals surface area contributed by atoms with Crippen molar-refractivity contribution in [2.45, 2.75) is 52.5 Å². The maximum atomic E-state index is 12.2. The van der Waals surface area contributed by atoms with Crippen molar-refractivity contribution in [2.75, 3.05) is 0 Å². The van der Waals surface area contributed by atoms with E-state index in [1.54, 1.807) is 0 Å². The van der Waals surface area contributed by atoms with Crippen LogP contribution in [0.5, 0.6) is 0 Å². The van der Waals surface area contributed by atoms with Crippen molar-refractivity contribution < 1.29 is 4.79 Å². The molecule has 1 amide bonds. The van der Waals surface area contributed by atoms with E-state index in [4.69, 9.17) is 0 Å². The number of benzene rings is 1. The molecular formula is C17H25NO. The van der Waals surface area contributed by atoms with Gasteiger partial charge in [-0.05, 0) is 51.5 Å². The van der Waals surface area contributed by atoms with Gasteiger partial charge in [0.1, 0.15) is 0 Å². The van der Waals surface area contributed by atoms with E-state index in [0.29, 0.717) is 5.92 Å². The number of hydrogen-bond donors (Lipinski definition) is 1. The fraction of sp³-hybridized carbons (Fsp3) is 0.588. The van der Waals surface area contributed by atoms with Crippen molar-refractivity contribution >= 4 is 5.91 Å². The summed E-state index contributed by atoms with van der Waals surface area (Å²) in [6.07, 6.45) is 3.30. The molecule has 1 unspecified atom stereocenters. The number of carbonyl (C=O) groups is 1. The third-order valence-corrected chi connectivity index (χ3v) is 3.97. The Morgan fingerprint density at radius 1 is 1.32 bits per heavy atom. The van der Waals surface area contributed by atoms with Crippen molar-refractivity contribution in [3.63, 3.8) is 0 Å². The molecule has 2 heteroatoms. The summed E-state index contributed by atoms with van der Waals surface area (Å²) in [5, 5.41) is 3.20. The van der Waals surface area contributed by atoms with Crippen LogP contribution in [0.3, 0.4) is 0 Å². The highest BCUT2D eigenvalue weighted by molar-refractivity contribution is 5.79. The van der Waals surface area contributed by atoms with Gasteiger partial charge in [0.05, 0.1) is 0 Å². The van der Waals surface area contributed by atoms with Gasteiger partial charge < -0.3 is 5.32 Å². The molecule has 1 aromatic carbocycles. The first kappa shape index (κ1) is 14.1. The second-order valence-corrected chi connectivity index (χ2v) is 6.66. The van der Waals surface area contributed by atoms with Crippen LogP contribution in [0.15, 0.2) is 24.3 Å². The Labute approximate surface area is 116 Å². The number of hydrogen-bond acceptors (Lipinski definition) is 1. The average Bonchev–Trinajstić information content (AvgIpc) is 3.14. The van der Waals surface area contributed by atoms with E-state index < -0.39 is 0 Å². The fourth-order valence-corrected chi connectivity index (χ4v) is 2.52. The predicted octanol–water partition coefficient (Wildman–Crippen LogP) is 3.48. The zero-order chi connectivity index (χ0) is 14.0. The van der Waals surface area contributed by atoms with Gasteiger partial charge in [-0.15, -0.1) is 0 Å². The summed E-state index contributed by atoms with van der Waals surface area (Å²) in [6.45, 7) is 8.34. The van der Waals surface area contributed by atoms with Gasteiger partial charge in [-0.25, -0.2) is 0 Å². The minimum atomic E-state index is -0.185. The number of aryl methyl sites for hydroxylation is 1. The first-order valence-corrected chi connectivity index (χ1v) is 7.25. The molecule has 19 heavy (non-hydrogen) atoms. The Morgan fingerprint density at radius 2 is 1.89 bits per heavy atom. The first-order valence-electron chi connectivity index (χ1n) is 7.25. The average molecular weight is 259 g/mol. The molecule has 1 aliphatic rings. The number of rotatable bonds is 5. The van der Waals surface area contributed by atoms with Crippen LogP contribution < -0.4 is 5.32 Å². The van der Waals surface area contributed by atoms with Crippen molar-refractivity contribution in [3.05, 3.63) is 35.4 Å². The number of nitrogens with one attached hydrogen (secondary N) is 1. The molecule has 0 saturated heterocycles. The molecule has 1 saturated carbocycles. The third kappa shape index (κ3) is 4.09. The topological polar surface area (TPSA) is 29.1 Å². The van der Waals surface area contributed by atoms with Gasteiger partial charge in [0.15, 0.2) is 0 Å². The number of amides is 1. The molecule has 1 atom stereocenters. The highest BCUT2D eigenvalue weighted by Crippen LogP contribution is 2.36. The van der Waals surface area contributed by atoms with Gasteiger partial charge in [0.25, 0.3) is 0 Å². The van der Waals surface area contributed by atoms with E-state index >= 15 is 0 Å². The monoisotopic (exact) mass is 259 g/mol. The van der Waals surface area contributed by atoms with Crippen LogP contribution in [0, 0.1) is 18.8 Å². The van der Waals surface area contributed by atoms with Gasteiger partial charge >= 0.3 is 0 Å². The Balaban J connectivity index is 1.93. The van der Waals surface area contributed by atoms with E-state index in [2.05, 4.69) is 57.3 Å². The molecule has 0 radical (unpaired) electrons. The van der Waals surface area contributed by atoms with Crippen molar-refractivity contribution in [1.29, 1.82) is 0 Å². The normalized spacial score (nSPS) is 17.1. The lowest BCUT2D eigenvalue weighted by Gasteiger charge is -2.28. The highest BCUT2D eigenvalue weighted by atomic mass is 16.2. The van der Waals surface area contributed by atoms with Crippen LogP contribution in [0.25, 0.3) is 0 Å². The summed E-state index contributed by atoms with van der Waals surface area (Å²) < 4.78 is 0. The molecule has 1 aliphatic carbocycles. The van der Waals surface area contributed by atoms with Gasteiger partial charge in [0.2, 0.25) is 5.91 Å². The molecule has 1 aromatic rings. The van der Waals surface area contributed by atoms with Crippen molar-refractivity contribution in [2.24, 2.45) is 11.8 Å². The molecule has 0 aromatic heterocycles. The van der Waals surface area contributed by atoms with Gasteiger partial charge in [-0.3, -0.25) is 4.79 Å². The summed E-state index contributed by atoms with van der Waals surface area (Å²) in [7, 11) is 0. The lowest BCUT2D eigenvalue weighted by molar-refractivity contribution is -0.126. The largest absolute Gasteiger partial charge is 0.351 e. The van der Waals surface area contributed by atoms with Crippen LogP contribution in [-0.4, -0.2) is 11.4 Å². The molecule has 2 nitrogen and oxygen atoms in total. The maximum absolute atomic E-state index is 12.2. The first-order chi connectivity index (χ1) is 8.87. The standard InChI is InChI=1S/C17H25NO/c1-12-5-7-14(8-6-12)11-17(3,4)18-16(19)13(2)15-9-10-15/h5-8,13,15H,9-11H2,1-4H3,(H,18,19). The van der Waals surface area contributed by atoms with E-state index in [1.165, 1.54) is 24.0 Å².